The Morgan fingerprint density at radius 2 is 1.71 bits per heavy atom. The Kier molecular flexibility index (Phi) is 8.80. The number of nitrogens with zero attached hydrogens (tertiary/aromatic N) is 3. The van der Waals surface area contributed by atoms with E-state index in [2.05, 4.69) is 20.7 Å². The average molecular weight is 491 g/mol. The molecule has 0 unspecified atom stereocenters. The van der Waals surface area contributed by atoms with Gasteiger partial charge in [0, 0.05) is 25.4 Å². The molecule has 0 fully saturated rings. The number of halogens is 1. The minimum Gasteiger partial charge on any atom is -0.494 e. The van der Waals surface area contributed by atoms with Crippen molar-refractivity contribution >= 4 is 29.9 Å². The lowest BCUT2D eigenvalue weighted by atomic mass is 10.2. The zero-order valence-electron chi connectivity index (χ0n) is 16.1. The van der Waals surface area contributed by atoms with Gasteiger partial charge in [0.1, 0.15) is 5.75 Å². The summed E-state index contributed by atoms with van der Waals surface area (Å²) in [5.41, 5.74) is 3.07. The highest BCUT2D eigenvalue weighted by Crippen LogP contribution is 2.17. The van der Waals surface area contributed by atoms with Crippen LogP contribution in [0.4, 0.5) is 0 Å². The molecule has 0 bridgehead atoms. The SMILES string of the molecule is CCOc1ccccc1CNC(=NC)NCc1ccn(-c2ccccc2)n1.I. The Morgan fingerprint density at radius 1 is 1.00 bits per heavy atom. The number of guanidine groups is 1. The highest BCUT2D eigenvalue weighted by molar-refractivity contribution is 14.0. The Morgan fingerprint density at radius 3 is 2.46 bits per heavy atom. The highest BCUT2D eigenvalue weighted by atomic mass is 127. The molecule has 3 aromatic rings. The fourth-order valence-corrected chi connectivity index (χ4v) is 2.70. The Bertz CT molecular complexity index is 879. The van der Waals surface area contributed by atoms with E-state index < -0.39 is 0 Å². The summed E-state index contributed by atoms with van der Waals surface area (Å²) < 4.78 is 7.53. The quantitative estimate of drug-likeness (QED) is 0.300. The highest BCUT2D eigenvalue weighted by Gasteiger charge is 2.05. The summed E-state index contributed by atoms with van der Waals surface area (Å²) in [6.45, 7) is 3.86. The third-order valence-corrected chi connectivity index (χ3v) is 4.04. The van der Waals surface area contributed by atoms with Crippen LogP contribution in [0.15, 0.2) is 71.9 Å². The first kappa shape index (κ1) is 21.7. The van der Waals surface area contributed by atoms with Gasteiger partial charge in [-0.1, -0.05) is 36.4 Å². The summed E-state index contributed by atoms with van der Waals surface area (Å²) >= 11 is 0. The van der Waals surface area contributed by atoms with Gasteiger partial charge in [-0.2, -0.15) is 5.10 Å². The van der Waals surface area contributed by atoms with Gasteiger partial charge in [-0.3, -0.25) is 4.99 Å². The van der Waals surface area contributed by atoms with Gasteiger partial charge in [0.25, 0.3) is 0 Å². The number of aliphatic imine (C=N–C) groups is 1. The first-order valence-corrected chi connectivity index (χ1v) is 9.05. The summed E-state index contributed by atoms with van der Waals surface area (Å²) in [4.78, 5) is 4.28. The van der Waals surface area contributed by atoms with E-state index in [0.717, 1.165) is 28.7 Å². The van der Waals surface area contributed by atoms with Gasteiger partial charge < -0.3 is 15.4 Å². The molecule has 0 aliphatic carbocycles. The molecule has 0 aliphatic heterocycles. The smallest absolute Gasteiger partial charge is 0.191 e. The first-order chi connectivity index (χ1) is 13.3. The van der Waals surface area contributed by atoms with E-state index in [1.54, 1.807) is 7.05 Å². The molecule has 2 N–H and O–H groups in total. The number of hydrogen-bond donors (Lipinski definition) is 2. The van der Waals surface area contributed by atoms with Crippen LogP contribution in [0.2, 0.25) is 0 Å². The predicted octanol–water partition coefficient (Wildman–Crippen LogP) is 3.75. The maximum Gasteiger partial charge on any atom is 0.191 e. The number of para-hydroxylation sites is 2. The van der Waals surface area contributed by atoms with E-state index in [1.807, 2.05) is 78.5 Å². The summed E-state index contributed by atoms with van der Waals surface area (Å²) in [7, 11) is 1.76. The van der Waals surface area contributed by atoms with Crippen LogP contribution >= 0.6 is 24.0 Å². The molecule has 0 atom stereocenters. The zero-order valence-corrected chi connectivity index (χ0v) is 18.5. The average Bonchev–Trinajstić information content (AvgIpc) is 3.19. The van der Waals surface area contributed by atoms with Gasteiger partial charge in [0.05, 0.1) is 24.5 Å². The number of aromatic nitrogens is 2. The summed E-state index contributed by atoms with van der Waals surface area (Å²) in [5, 5.41) is 11.2. The fraction of sp³-hybridized carbons (Fsp3) is 0.238. The maximum absolute atomic E-state index is 5.66. The van der Waals surface area contributed by atoms with Crippen molar-refractivity contribution in [3.63, 3.8) is 0 Å². The number of benzene rings is 2. The van der Waals surface area contributed by atoms with Crippen molar-refractivity contribution in [2.24, 2.45) is 4.99 Å². The lowest BCUT2D eigenvalue weighted by Gasteiger charge is -2.13. The van der Waals surface area contributed by atoms with E-state index in [1.165, 1.54) is 0 Å². The molecule has 0 aliphatic rings. The molecule has 0 spiro atoms. The third kappa shape index (κ3) is 5.98. The Labute approximate surface area is 183 Å². The van der Waals surface area contributed by atoms with Gasteiger partial charge in [0.15, 0.2) is 5.96 Å². The van der Waals surface area contributed by atoms with E-state index >= 15 is 0 Å². The second-order valence-corrected chi connectivity index (χ2v) is 5.91. The van der Waals surface area contributed by atoms with Gasteiger partial charge in [0.2, 0.25) is 0 Å². The molecule has 0 saturated heterocycles. The van der Waals surface area contributed by atoms with E-state index in [4.69, 9.17) is 4.74 Å². The largest absolute Gasteiger partial charge is 0.494 e. The van der Waals surface area contributed by atoms with Crippen LogP contribution in [0.25, 0.3) is 5.69 Å². The zero-order chi connectivity index (χ0) is 18.9. The number of rotatable bonds is 7. The minimum atomic E-state index is 0. The van der Waals surface area contributed by atoms with Crippen molar-refractivity contribution in [1.82, 2.24) is 20.4 Å². The van der Waals surface area contributed by atoms with Crippen LogP contribution < -0.4 is 15.4 Å². The van der Waals surface area contributed by atoms with Gasteiger partial charge in [-0.05, 0) is 31.2 Å². The van der Waals surface area contributed by atoms with Gasteiger partial charge in [-0.15, -0.1) is 24.0 Å². The molecule has 0 saturated carbocycles. The molecule has 3 rings (SSSR count). The molecular weight excluding hydrogens is 465 g/mol. The Balaban J connectivity index is 0.00000280. The first-order valence-electron chi connectivity index (χ1n) is 9.05. The molecule has 6 nitrogen and oxygen atoms in total. The van der Waals surface area contributed by atoms with Crippen molar-refractivity contribution in [3.05, 3.63) is 78.1 Å². The summed E-state index contributed by atoms with van der Waals surface area (Å²) in [6.07, 6.45) is 1.96. The van der Waals surface area contributed by atoms with Crippen LogP contribution in [0, 0.1) is 0 Å². The molecule has 7 heteroatoms. The van der Waals surface area contributed by atoms with Crippen molar-refractivity contribution in [1.29, 1.82) is 0 Å². The van der Waals surface area contributed by atoms with Crippen LogP contribution in [0.5, 0.6) is 5.75 Å². The molecule has 2 aromatic carbocycles. The predicted molar refractivity (Wildman–Crippen MR) is 124 cm³/mol. The number of ether oxygens (including phenoxy) is 1. The second kappa shape index (κ2) is 11.3. The normalized spacial score (nSPS) is 10.9. The van der Waals surface area contributed by atoms with Crippen molar-refractivity contribution in [3.8, 4) is 11.4 Å². The lowest BCUT2D eigenvalue weighted by Crippen LogP contribution is -2.36. The molecule has 1 heterocycles. The molecule has 0 radical (unpaired) electrons. The minimum absolute atomic E-state index is 0. The third-order valence-electron chi connectivity index (χ3n) is 4.04. The summed E-state index contributed by atoms with van der Waals surface area (Å²) in [6, 6.07) is 20.1. The van der Waals surface area contributed by atoms with Crippen LogP contribution in [0.3, 0.4) is 0 Å². The van der Waals surface area contributed by atoms with E-state index in [-0.39, 0.29) is 24.0 Å². The maximum atomic E-state index is 5.66. The lowest BCUT2D eigenvalue weighted by molar-refractivity contribution is 0.336. The topological polar surface area (TPSA) is 63.5 Å². The Hall–Kier alpha value is -2.55. The van der Waals surface area contributed by atoms with Gasteiger partial charge >= 0.3 is 0 Å². The van der Waals surface area contributed by atoms with Crippen LogP contribution in [-0.4, -0.2) is 29.4 Å². The molecule has 0 amide bonds. The molecule has 1 aromatic heterocycles. The van der Waals surface area contributed by atoms with Crippen LogP contribution in [-0.2, 0) is 13.1 Å². The number of nitrogens with one attached hydrogen (secondary N) is 2. The van der Waals surface area contributed by atoms with Crippen LogP contribution in [0.1, 0.15) is 18.2 Å². The second-order valence-electron chi connectivity index (χ2n) is 5.91. The summed E-state index contributed by atoms with van der Waals surface area (Å²) in [5.74, 6) is 1.61. The number of hydrogen-bond acceptors (Lipinski definition) is 3. The van der Waals surface area contributed by atoms with Crippen molar-refractivity contribution in [2.45, 2.75) is 20.0 Å². The molecule has 28 heavy (non-hydrogen) atoms. The standard InChI is InChI=1S/C21H25N5O.HI/c1-3-27-20-12-8-7-9-17(20)15-23-21(22-2)24-16-18-13-14-26(25-18)19-10-5-4-6-11-19;/h4-14H,3,15-16H2,1-2H3,(H2,22,23,24);1H. The molecular formula is C21H26IN5O. The van der Waals surface area contributed by atoms with E-state index in [9.17, 15) is 0 Å². The van der Waals surface area contributed by atoms with E-state index in [0.29, 0.717) is 19.7 Å². The monoisotopic (exact) mass is 491 g/mol. The fourth-order valence-electron chi connectivity index (χ4n) is 2.70. The van der Waals surface area contributed by atoms with Gasteiger partial charge in [-0.25, -0.2) is 4.68 Å². The van der Waals surface area contributed by atoms with Crippen molar-refractivity contribution in [2.75, 3.05) is 13.7 Å². The molecule has 148 valence electrons. The van der Waals surface area contributed by atoms with Crippen molar-refractivity contribution < 1.29 is 4.74 Å².